The van der Waals surface area contributed by atoms with Gasteiger partial charge in [-0.05, 0) is 44.9 Å². The zero-order valence-corrected chi connectivity index (χ0v) is 12.2. The second-order valence-corrected chi connectivity index (χ2v) is 7.60. The quantitative estimate of drug-likeness (QED) is 0.873. The molecule has 1 aromatic heterocycles. The Labute approximate surface area is 108 Å². The van der Waals surface area contributed by atoms with Crippen LogP contribution in [0.25, 0.3) is 0 Å². The van der Waals surface area contributed by atoms with Crippen LogP contribution in [0.1, 0.15) is 55.1 Å². The molecule has 0 aliphatic heterocycles. The minimum absolute atomic E-state index is 0.404. The summed E-state index contributed by atoms with van der Waals surface area (Å²) >= 11 is 1.74. The van der Waals surface area contributed by atoms with Gasteiger partial charge < -0.3 is 5.11 Å². The molecule has 1 aliphatic rings. The smallest absolute Gasteiger partial charge is 0.0959 e. The Hall–Kier alpha value is -0.410. The van der Waals surface area contributed by atoms with Crippen molar-refractivity contribution in [1.82, 2.24) is 4.98 Å². The lowest BCUT2D eigenvalue weighted by Crippen LogP contribution is -2.38. The van der Waals surface area contributed by atoms with Crippen molar-refractivity contribution in [2.24, 2.45) is 5.41 Å². The minimum atomic E-state index is -0.508. The number of aliphatic hydroxyl groups is 1. The van der Waals surface area contributed by atoms with Gasteiger partial charge in [-0.1, -0.05) is 13.8 Å². The summed E-state index contributed by atoms with van der Waals surface area (Å²) in [7, 11) is 0. The summed E-state index contributed by atoms with van der Waals surface area (Å²) in [5, 5.41) is 11.7. The summed E-state index contributed by atoms with van der Waals surface area (Å²) in [6.07, 6.45) is 4.80. The van der Waals surface area contributed by atoms with Crippen LogP contribution in [0.4, 0.5) is 0 Å². The summed E-state index contributed by atoms with van der Waals surface area (Å²) < 4.78 is 0. The van der Waals surface area contributed by atoms with E-state index < -0.39 is 5.60 Å². The highest BCUT2D eigenvalue weighted by Crippen LogP contribution is 2.41. The van der Waals surface area contributed by atoms with Crippen molar-refractivity contribution in [2.75, 3.05) is 0 Å². The van der Waals surface area contributed by atoms with Crippen molar-refractivity contribution in [3.05, 3.63) is 15.6 Å². The van der Waals surface area contributed by atoms with Gasteiger partial charge in [0.15, 0.2) is 0 Å². The second kappa shape index (κ2) is 4.36. The van der Waals surface area contributed by atoms with Crippen LogP contribution in [0.3, 0.4) is 0 Å². The molecule has 0 bridgehead atoms. The van der Waals surface area contributed by atoms with Crippen LogP contribution in [0.5, 0.6) is 0 Å². The molecule has 0 aromatic carbocycles. The molecule has 0 saturated heterocycles. The van der Waals surface area contributed by atoms with Gasteiger partial charge in [0, 0.05) is 11.3 Å². The fourth-order valence-electron chi connectivity index (χ4n) is 2.47. The molecule has 2 nitrogen and oxygen atoms in total. The first-order chi connectivity index (χ1) is 7.80. The molecule has 2 rings (SSSR count). The molecule has 0 amide bonds. The molecule has 1 fully saturated rings. The fourth-order valence-corrected chi connectivity index (χ4v) is 3.54. The van der Waals surface area contributed by atoms with Crippen LogP contribution in [-0.4, -0.2) is 15.7 Å². The molecular formula is C14H23NOS. The summed E-state index contributed by atoms with van der Waals surface area (Å²) in [5.41, 5.74) is 1.01. The maximum absolute atomic E-state index is 10.6. The average molecular weight is 253 g/mol. The molecule has 0 radical (unpaired) electrons. The molecule has 0 unspecified atom stereocenters. The van der Waals surface area contributed by atoms with Crippen molar-refractivity contribution >= 4 is 11.3 Å². The Balaban J connectivity index is 2.03. The number of thiazole rings is 1. The van der Waals surface area contributed by atoms with Crippen molar-refractivity contribution in [3.8, 4) is 0 Å². The van der Waals surface area contributed by atoms with Crippen LogP contribution >= 0.6 is 11.3 Å². The lowest BCUT2D eigenvalue weighted by molar-refractivity contribution is -0.0251. The molecule has 3 heteroatoms. The number of rotatable bonds is 2. The first-order valence-corrected chi connectivity index (χ1v) is 7.27. The average Bonchev–Trinajstić information content (AvgIpc) is 2.52. The maximum atomic E-state index is 10.6. The van der Waals surface area contributed by atoms with Crippen LogP contribution < -0.4 is 0 Å². The van der Waals surface area contributed by atoms with Crippen LogP contribution in [-0.2, 0) is 6.42 Å². The van der Waals surface area contributed by atoms with E-state index in [1.54, 1.807) is 11.3 Å². The normalized spacial score (nSPS) is 22.6. The molecule has 1 N–H and O–H groups in total. The molecule has 1 aliphatic carbocycles. The standard InChI is InChI=1S/C14H23NOS/c1-10-11(2)17-12(15-10)9-14(16)7-5-13(3,4)6-8-14/h16H,5-9H2,1-4H3. The first kappa shape index (κ1) is 13.0. The maximum Gasteiger partial charge on any atom is 0.0959 e. The molecule has 1 aromatic rings. The van der Waals surface area contributed by atoms with Gasteiger partial charge in [-0.3, -0.25) is 0 Å². The number of aromatic nitrogens is 1. The van der Waals surface area contributed by atoms with Gasteiger partial charge in [0.1, 0.15) is 0 Å². The van der Waals surface area contributed by atoms with Gasteiger partial charge in [-0.25, -0.2) is 4.98 Å². The van der Waals surface area contributed by atoms with E-state index in [2.05, 4.69) is 25.8 Å². The predicted molar refractivity (Wildman–Crippen MR) is 72.5 cm³/mol. The Kier molecular flexibility index (Phi) is 3.34. The van der Waals surface area contributed by atoms with Gasteiger partial charge in [-0.15, -0.1) is 11.3 Å². The van der Waals surface area contributed by atoms with E-state index in [1.807, 2.05) is 6.92 Å². The largest absolute Gasteiger partial charge is 0.389 e. The molecule has 0 spiro atoms. The number of nitrogens with zero attached hydrogens (tertiary/aromatic N) is 1. The molecular weight excluding hydrogens is 230 g/mol. The van der Waals surface area contributed by atoms with E-state index >= 15 is 0 Å². The highest BCUT2D eigenvalue weighted by molar-refractivity contribution is 7.11. The van der Waals surface area contributed by atoms with E-state index in [-0.39, 0.29) is 0 Å². The second-order valence-electron chi connectivity index (χ2n) is 6.31. The first-order valence-electron chi connectivity index (χ1n) is 6.45. The Morgan fingerprint density at radius 1 is 1.18 bits per heavy atom. The molecule has 17 heavy (non-hydrogen) atoms. The van der Waals surface area contributed by atoms with E-state index in [0.29, 0.717) is 5.41 Å². The topological polar surface area (TPSA) is 33.1 Å². The fraction of sp³-hybridized carbons (Fsp3) is 0.786. The van der Waals surface area contributed by atoms with Crippen molar-refractivity contribution < 1.29 is 5.11 Å². The zero-order valence-electron chi connectivity index (χ0n) is 11.3. The molecule has 1 heterocycles. The third kappa shape index (κ3) is 3.08. The number of hydrogen-bond acceptors (Lipinski definition) is 3. The number of aryl methyl sites for hydroxylation is 2. The van der Waals surface area contributed by atoms with Crippen molar-refractivity contribution in [2.45, 2.75) is 65.4 Å². The lowest BCUT2D eigenvalue weighted by atomic mass is 9.70. The van der Waals surface area contributed by atoms with Crippen LogP contribution in [0, 0.1) is 19.3 Å². The Morgan fingerprint density at radius 3 is 2.24 bits per heavy atom. The van der Waals surface area contributed by atoms with E-state index in [4.69, 9.17) is 0 Å². The van der Waals surface area contributed by atoms with Crippen LogP contribution in [0.15, 0.2) is 0 Å². The van der Waals surface area contributed by atoms with Crippen molar-refractivity contribution in [3.63, 3.8) is 0 Å². The highest BCUT2D eigenvalue weighted by Gasteiger charge is 2.37. The van der Waals surface area contributed by atoms with E-state index in [9.17, 15) is 5.11 Å². The monoisotopic (exact) mass is 253 g/mol. The summed E-state index contributed by atoms with van der Waals surface area (Å²) in [6.45, 7) is 8.74. The summed E-state index contributed by atoms with van der Waals surface area (Å²) in [5.74, 6) is 0. The molecule has 1 saturated carbocycles. The Bertz CT molecular complexity index is 379. The molecule has 0 atom stereocenters. The summed E-state index contributed by atoms with van der Waals surface area (Å²) in [6, 6.07) is 0. The Morgan fingerprint density at radius 2 is 1.76 bits per heavy atom. The van der Waals surface area contributed by atoms with E-state index in [1.165, 1.54) is 4.88 Å². The third-order valence-corrected chi connectivity index (χ3v) is 5.16. The number of hydrogen-bond donors (Lipinski definition) is 1. The lowest BCUT2D eigenvalue weighted by Gasteiger charge is -2.39. The highest BCUT2D eigenvalue weighted by atomic mass is 32.1. The van der Waals surface area contributed by atoms with E-state index in [0.717, 1.165) is 42.8 Å². The minimum Gasteiger partial charge on any atom is -0.389 e. The van der Waals surface area contributed by atoms with Gasteiger partial charge in [0.2, 0.25) is 0 Å². The van der Waals surface area contributed by atoms with Gasteiger partial charge in [0.05, 0.1) is 16.3 Å². The SMILES string of the molecule is Cc1nc(CC2(O)CCC(C)(C)CC2)sc1C. The summed E-state index contributed by atoms with van der Waals surface area (Å²) in [4.78, 5) is 5.82. The van der Waals surface area contributed by atoms with Crippen molar-refractivity contribution in [1.29, 1.82) is 0 Å². The van der Waals surface area contributed by atoms with Gasteiger partial charge in [-0.2, -0.15) is 0 Å². The third-order valence-electron chi connectivity index (χ3n) is 4.09. The van der Waals surface area contributed by atoms with Crippen LogP contribution in [0.2, 0.25) is 0 Å². The predicted octanol–water partition coefficient (Wildman–Crippen LogP) is 3.63. The zero-order chi connectivity index (χ0) is 12.7. The van der Waals surface area contributed by atoms with Gasteiger partial charge in [0.25, 0.3) is 0 Å². The molecule has 96 valence electrons. The van der Waals surface area contributed by atoms with Gasteiger partial charge >= 0.3 is 0 Å².